The van der Waals surface area contributed by atoms with E-state index >= 15 is 0 Å². The van der Waals surface area contributed by atoms with Crippen molar-refractivity contribution < 1.29 is 34.1 Å². The number of rotatable bonds is 8. The van der Waals surface area contributed by atoms with Gasteiger partial charge in [-0.1, -0.05) is 32.4 Å². The van der Waals surface area contributed by atoms with Crippen molar-refractivity contribution in [3.8, 4) is 5.75 Å². The van der Waals surface area contributed by atoms with Gasteiger partial charge < -0.3 is 30.1 Å². The van der Waals surface area contributed by atoms with Gasteiger partial charge in [0.2, 0.25) is 11.7 Å². The van der Waals surface area contributed by atoms with Crippen molar-refractivity contribution in [1.82, 2.24) is 39.3 Å². The zero-order valence-corrected chi connectivity index (χ0v) is 28.8. The molecule has 2 saturated heterocycles. The van der Waals surface area contributed by atoms with Gasteiger partial charge in [-0.15, -0.1) is 5.10 Å². The molecule has 1 aromatic carbocycles. The Morgan fingerprint density at radius 2 is 1.75 bits per heavy atom. The van der Waals surface area contributed by atoms with Gasteiger partial charge in [0.1, 0.15) is 23.5 Å². The van der Waals surface area contributed by atoms with Gasteiger partial charge >= 0.3 is 10.2 Å². The van der Waals surface area contributed by atoms with Gasteiger partial charge in [0, 0.05) is 38.4 Å². The minimum atomic E-state index is -9.91. The Labute approximate surface area is 293 Å². The lowest BCUT2D eigenvalue weighted by molar-refractivity contribution is -0.116. The fourth-order valence-electron chi connectivity index (χ4n) is 7.06. The molecule has 52 heavy (non-hydrogen) atoms. The minimum absolute atomic E-state index is 0.0755. The number of hydrogen-bond acceptors (Lipinski definition) is 10. The third kappa shape index (κ3) is 6.55. The number of nitrogens with one attached hydrogen (secondary N) is 2. The van der Waals surface area contributed by atoms with E-state index < -0.39 is 39.0 Å². The minimum Gasteiger partial charge on any atom is -0.504 e. The second-order valence-electron chi connectivity index (χ2n) is 13.1. The lowest BCUT2D eigenvalue weighted by Crippen LogP contribution is -2.51. The summed E-state index contributed by atoms with van der Waals surface area (Å²) in [5, 5.41) is 20.8. The first kappa shape index (κ1) is 35.3. The summed E-state index contributed by atoms with van der Waals surface area (Å²) in [7, 11) is -9.91. The predicted molar refractivity (Wildman–Crippen MR) is 182 cm³/mol. The molecular weight excluding hydrogens is 715 g/mol. The topological polar surface area (TPSA) is 163 Å². The van der Waals surface area contributed by atoms with Crippen LogP contribution in [0.1, 0.15) is 41.0 Å². The molecule has 20 heteroatoms. The number of hydrogen-bond donors (Lipinski definition) is 3. The van der Waals surface area contributed by atoms with E-state index in [1.165, 1.54) is 15.8 Å². The van der Waals surface area contributed by atoms with E-state index in [2.05, 4.69) is 31.8 Å². The van der Waals surface area contributed by atoms with Crippen molar-refractivity contribution in [1.29, 1.82) is 0 Å². The number of amides is 2. The van der Waals surface area contributed by atoms with Crippen LogP contribution >= 0.6 is 10.2 Å². The largest absolute Gasteiger partial charge is 0.504 e. The zero-order valence-electron chi connectivity index (χ0n) is 28.0. The molecule has 2 unspecified atom stereocenters. The lowest BCUT2D eigenvalue weighted by Gasteiger charge is -2.40. The fourth-order valence-corrected chi connectivity index (χ4v) is 7.71. The number of nitrogens with zero attached hydrogens (tertiary/aromatic N) is 8. The van der Waals surface area contributed by atoms with Gasteiger partial charge in [0.25, 0.3) is 11.5 Å². The highest BCUT2D eigenvalue weighted by Gasteiger charge is 2.65. The Kier molecular flexibility index (Phi) is 8.13. The summed E-state index contributed by atoms with van der Waals surface area (Å²) >= 11 is 0. The van der Waals surface area contributed by atoms with Crippen LogP contribution in [0, 0.1) is 18.8 Å². The van der Waals surface area contributed by atoms with Crippen molar-refractivity contribution in [3.05, 3.63) is 69.9 Å². The Morgan fingerprint density at radius 3 is 2.40 bits per heavy atom. The summed E-state index contributed by atoms with van der Waals surface area (Å²) in [6.07, 6.45) is 4.23. The maximum Gasteiger partial charge on any atom is 0.310 e. The van der Waals surface area contributed by atoms with E-state index in [1.807, 2.05) is 0 Å². The second-order valence-corrected chi connectivity index (χ2v) is 15.6. The SMILES string of the molecule is CCc1c(N2CCN(C(=O)c3ncnc(C)c3O)CC2)c(=O)n2nc(C3=CC4CNCC4C3)nc2n1CC(=O)Nc1ccc(S(F)(F)(F)(F)F)cc1. The Hall–Kier alpha value is -5.11. The van der Waals surface area contributed by atoms with Gasteiger partial charge in [-0.25, -0.2) is 9.97 Å². The van der Waals surface area contributed by atoms with Crippen molar-refractivity contribution in [2.75, 3.05) is 49.5 Å². The van der Waals surface area contributed by atoms with Gasteiger partial charge in [-0.3, -0.25) is 14.4 Å². The van der Waals surface area contributed by atoms with Crippen LogP contribution in [0.2, 0.25) is 0 Å². The van der Waals surface area contributed by atoms with Crippen molar-refractivity contribution in [3.63, 3.8) is 0 Å². The molecule has 3 aromatic heterocycles. The molecule has 2 atom stereocenters. The number of piperazine rings is 1. The molecule has 0 saturated carbocycles. The van der Waals surface area contributed by atoms with Crippen LogP contribution < -0.4 is 21.1 Å². The average Bonchev–Trinajstić information content (AvgIpc) is 3.82. The fraction of sp³-hybridized carbons (Fsp3) is 0.406. The highest BCUT2D eigenvalue weighted by molar-refractivity contribution is 8.45. The maximum absolute atomic E-state index is 14.2. The molecule has 0 radical (unpaired) electrons. The van der Waals surface area contributed by atoms with Crippen LogP contribution in [0.3, 0.4) is 0 Å². The molecule has 0 spiro atoms. The van der Waals surface area contributed by atoms with Gasteiger partial charge in [-0.05, 0) is 68.0 Å². The summed E-state index contributed by atoms with van der Waals surface area (Å²) < 4.78 is 68.9. The molecule has 2 aliphatic heterocycles. The van der Waals surface area contributed by atoms with E-state index in [-0.39, 0.29) is 79.0 Å². The third-order valence-electron chi connectivity index (χ3n) is 9.71. The molecule has 278 valence electrons. The normalized spacial score (nSPS) is 20.4. The molecule has 1 aliphatic carbocycles. The number of fused-ring (bicyclic) bond motifs is 2. The molecule has 3 N–H and O–H groups in total. The lowest BCUT2D eigenvalue weighted by atomic mass is 10.00. The Balaban J connectivity index is 1.22. The molecule has 5 heterocycles. The molecule has 2 amide bonds. The van der Waals surface area contributed by atoms with E-state index in [0.717, 1.165) is 35.3 Å². The molecule has 14 nitrogen and oxygen atoms in total. The first-order valence-electron chi connectivity index (χ1n) is 16.5. The maximum atomic E-state index is 14.2. The number of anilines is 2. The van der Waals surface area contributed by atoms with E-state index in [4.69, 9.17) is 4.98 Å². The monoisotopic (exact) mass is 750 g/mol. The first-order valence-corrected chi connectivity index (χ1v) is 18.5. The molecule has 3 aliphatic rings. The quantitative estimate of drug-likeness (QED) is 0.223. The highest BCUT2D eigenvalue weighted by Crippen LogP contribution is 3.02. The van der Waals surface area contributed by atoms with Crippen LogP contribution in [0.4, 0.5) is 30.8 Å². The number of benzene rings is 1. The molecule has 7 rings (SSSR count). The third-order valence-corrected chi connectivity index (χ3v) is 10.9. The number of carbonyl (C=O) groups excluding carboxylic acids is 2. The van der Waals surface area contributed by atoms with Gasteiger partial charge in [-0.2, -0.15) is 9.50 Å². The van der Waals surface area contributed by atoms with E-state index in [0.29, 0.717) is 29.8 Å². The summed E-state index contributed by atoms with van der Waals surface area (Å²) in [6, 6.07) is 1.92. The van der Waals surface area contributed by atoms with Gasteiger partial charge in [0.05, 0.1) is 11.4 Å². The average molecular weight is 751 g/mol. The smallest absolute Gasteiger partial charge is 0.310 e. The molecule has 0 bridgehead atoms. The number of halogens is 5. The summed E-state index contributed by atoms with van der Waals surface area (Å²) in [5.74, 6) is -0.455. The van der Waals surface area contributed by atoms with Crippen LogP contribution in [0.5, 0.6) is 5.75 Å². The molecule has 2 fully saturated rings. The Bertz CT molecular complexity index is 2200. The van der Waals surface area contributed by atoms with E-state index in [9.17, 15) is 38.9 Å². The van der Waals surface area contributed by atoms with Crippen LogP contribution in [0.25, 0.3) is 11.4 Å². The van der Waals surface area contributed by atoms with E-state index in [1.54, 1.807) is 18.7 Å². The molecular formula is C32H35F5N10O4S. The first-order chi connectivity index (χ1) is 24.4. The summed E-state index contributed by atoms with van der Waals surface area (Å²) in [5.41, 5.74) is 1.01. The summed E-state index contributed by atoms with van der Waals surface area (Å²) in [4.78, 5) is 54.7. The predicted octanol–water partition coefficient (Wildman–Crippen LogP) is 4.14. The number of aromatic hydroxyl groups is 1. The zero-order chi connectivity index (χ0) is 37.2. The van der Waals surface area contributed by atoms with Crippen LogP contribution in [-0.4, -0.2) is 90.2 Å². The standard InChI is InChI=1S/C32H35F5N10O4S/c1-3-24-27(44-8-10-45(11-9-44)30(50)26-28(49)18(2)39-17-40-26)31(51)47-32(42-29(43-47)19-12-20-14-38-15-21(20)13-19)46(24)16-25(48)41-22-4-6-23(7-5-22)52(33,34,35,36)37/h4-7,12,17,20-21,38,49H,3,8-11,13-16H2,1-2H3,(H,41,48). The van der Waals surface area contributed by atoms with Gasteiger partial charge in [0.15, 0.2) is 17.3 Å². The summed E-state index contributed by atoms with van der Waals surface area (Å²) in [6.45, 7) is 5.29. The van der Waals surface area contributed by atoms with Crippen molar-refractivity contribution in [2.24, 2.45) is 11.8 Å². The number of aryl methyl sites for hydroxylation is 1. The number of allylic oxidation sites excluding steroid dienone is 1. The number of aromatic nitrogens is 6. The molecule has 4 aromatic rings. The van der Waals surface area contributed by atoms with Crippen molar-refractivity contribution in [2.45, 2.75) is 38.1 Å². The Morgan fingerprint density at radius 1 is 1.04 bits per heavy atom. The number of carbonyl (C=O) groups is 2. The highest BCUT2D eigenvalue weighted by atomic mass is 32.5. The van der Waals surface area contributed by atoms with Crippen LogP contribution in [-0.2, 0) is 17.8 Å². The van der Waals surface area contributed by atoms with Crippen molar-refractivity contribution >= 4 is 44.8 Å². The second kappa shape index (κ2) is 12.0. The van der Waals surface area contributed by atoms with Crippen LogP contribution in [0.15, 0.2) is 46.4 Å².